The Bertz CT molecular complexity index is 838. The lowest BCUT2D eigenvalue weighted by Gasteiger charge is -2.27. The SMILES string of the molecule is CCCN(CCC(=O)NC1CCCc2ccccc21)C(=O)Nc1ccc(Cl)cc1. The minimum absolute atomic E-state index is 0.0212. The van der Waals surface area contributed by atoms with Gasteiger partial charge in [0, 0.05) is 30.2 Å². The fourth-order valence-electron chi connectivity index (χ4n) is 3.73. The van der Waals surface area contributed by atoms with Crippen LogP contribution in [0.2, 0.25) is 5.02 Å². The molecule has 29 heavy (non-hydrogen) atoms. The summed E-state index contributed by atoms with van der Waals surface area (Å²) in [4.78, 5) is 26.9. The second-order valence-electron chi connectivity index (χ2n) is 7.39. The van der Waals surface area contributed by atoms with Gasteiger partial charge < -0.3 is 15.5 Å². The Kier molecular flexibility index (Phi) is 7.53. The number of nitrogens with one attached hydrogen (secondary N) is 2. The number of urea groups is 1. The van der Waals surface area contributed by atoms with E-state index >= 15 is 0 Å². The monoisotopic (exact) mass is 413 g/mol. The molecular formula is C23H28ClN3O2. The summed E-state index contributed by atoms with van der Waals surface area (Å²) in [6.45, 7) is 2.99. The smallest absolute Gasteiger partial charge is 0.321 e. The van der Waals surface area contributed by atoms with E-state index in [1.807, 2.05) is 19.1 Å². The zero-order valence-corrected chi connectivity index (χ0v) is 17.5. The van der Waals surface area contributed by atoms with Crippen LogP contribution in [-0.2, 0) is 11.2 Å². The number of aryl methyl sites for hydroxylation is 1. The lowest BCUT2D eigenvalue weighted by atomic mass is 9.87. The van der Waals surface area contributed by atoms with Gasteiger partial charge in [0.2, 0.25) is 5.91 Å². The summed E-state index contributed by atoms with van der Waals surface area (Å²) in [5.41, 5.74) is 3.22. The summed E-state index contributed by atoms with van der Waals surface area (Å²) in [5.74, 6) is -0.0212. The van der Waals surface area contributed by atoms with Gasteiger partial charge in [0.1, 0.15) is 0 Å². The molecule has 1 atom stereocenters. The van der Waals surface area contributed by atoms with Gasteiger partial charge in [-0.15, -0.1) is 0 Å². The van der Waals surface area contributed by atoms with E-state index in [9.17, 15) is 9.59 Å². The van der Waals surface area contributed by atoms with Crippen molar-refractivity contribution in [2.45, 2.75) is 45.1 Å². The fourth-order valence-corrected chi connectivity index (χ4v) is 3.85. The summed E-state index contributed by atoms with van der Waals surface area (Å²) in [7, 11) is 0. The maximum atomic E-state index is 12.6. The van der Waals surface area contributed by atoms with Crippen LogP contribution in [0.4, 0.5) is 10.5 Å². The number of fused-ring (bicyclic) bond motifs is 1. The van der Waals surface area contributed by atoms with Crippen molar-refractivity contribution in [3.63, 3.8) is 0 Å². The van der Waals surface area contributed by atoms with Crippen molar-refractivity contribution in [2.75, 3.05) is 18.4 Å². The van der Waals surface area contributed by atoms with Crippen molar-refractivity contribution in [3.05, 3.63) is 64.7 Å². The van der Waals surface area contributed by atoms with Crippen molar-refractivity contribution in [2.24, 2.45) is 0 Å². The van der Waals surface area contributed by atoms with Crippen LogP contribution >= 0.6 is 11.6 Å². The van der Waals surface area contributed by atoms with E-state index in [4.69, 9.17) is 11.6 Å². The van der Waals surface area contributed by atoms with E-state index in [1.165, 1.54) is 11.1 Å². The first-order chi connectivity index (χ1) is 14.1. The Balaban J connectivity index is 1.54. The predicted molar refractivity (Wildman–Crippen MR) is 117 cm³/mol. The minimum Gasteiger partial charge on any atom is -0.349 e. The molecule has 1 aliphatic rings. The number of anilines is 1. The van der Waals surface area contributed by atoms with Crippen molar-refractivity contribution >= 4 is 29.2 Å². The topological polar surface area (TPSA) is 61.4 Å². The van der Waals surface area contributed by atoms with Crippen LogP contribution in [0.25, 0.3) is 0 Å². The van der Waals surface area contributed by atoms with Crippen LogP contribution in [0, 0.1) is 0 Å². The molecule has 5 nitrogen and oxygen atoms in total. The van der Waals surface area contributed by atoms with Crippen molar-refractivity contribution in [1.29, 1.82) is 0 Å². The molecule has 154 valence electrons. The van der Waals surface area contributed by atoms with Gasteiger partial charge in [-0.3, -0.25) is 4.79 Å². The van der Waals surface area contributed by atoms with Gasteiger partial charge >= 0.3 is 6.03 Å². The van der Waals surface area contributed by atoms with E-state index < -0.39 is 0 Å². The molecule has 2 N–H and O–H groups in total. The van der Waals surface area contributed by atoms with Crippen LogP contribution in [0.1, 0.15) is 49.8 Å². The number of carbonyl (C=O) groups is 2. The molecule has 3 rings (SSSR count). The highest BCUT2D eigenvalue weighted by Gasteiger charge is 2.22. The summed E-state index contributed by atoms with van der Waals surface area (Å²) in [6.07, 6.45) is 4.21. The van der Waals surface area contributed by atoms with E-state index in [-0.39, 0.29) is 24.4 Å². The molecular weight excluding hydrogens is 386 g/mol. The quantitative estimate of drug-likeness (QED) is 0.657. The summed E-state index contributed by atoms with van der Waals surface area (Å²) in [5, 5.41) is 6.64. The van der Waals surface area contributed by atoms with Crippen LogP contribution in [-0.4, -0.2) is 29.9 Å². The normalized spacial score (nSPS) is 15.3. The van der Waals surface area contributed by atoms with Crippen molar-refractivity contribution in [1.82, 2.24) is 10.2 Å². The highest BCUT2D eigenvalue weighted by Crippen LogP contribution is 2.29. The van der Waals surface area contributed by atoms with Gasteiger partial charge in [-0.2, -0.15) is 0 Å². The van der Waals surface area contributed by atoms with Gasteiger partial charge in [0.25, 0.3) is 0 Å². The van der Waals surface area contributed by atoms with Crippen molar-refractivity contribution in [3.8, 4) is 0 Å². The van der Waals surface area contributed by atoms with Crippen LogP contribution in [0.15, 0.2) is 48.5 Å². The van der Waals surface area contributed by atoms with E-state index in [2.05, 4.69) is 22.8 Å². The molecule has 0 fully saturated rings. The van der Waals surface area contributed by atoms with Crippen LogP contribution < -0.4 is 10.6 Å². The molecule has 0 aromatic heterocycles. The molecule has 0 bridgehead atoms. The molecule has 0 saturated heterocycles. The first kappa shape index (κ1) is 21.2. The summed E-state index contributed by atoms with van der Waals surface area (Å²) < 4.78 is 0. The second-order valence-corrected chi connectivity index (χ2v) is 7.82. The molecule has 2 aromatic carbocycles. The first-order valence-corrected chi connectivity index (χ1v) is 10.6. The highest BCUT2D eigenvalue weighted by molar-refractivity contribution is 6.30. The largest absolute Gasteiger partial charge is 0.349 e. The number of benzene rings is 2. The number of halogens is 1. The number of rotatable bonds is 7. The molecule has 3 amide bonds. The number of carbonyl (C=O) groups excluding carboxylic acids is 2. The lowest BCUT2D eigenvalue weighted by Crippen LogP contribution is -2.39. The third-order valence-corrected chi connectivity index (χ3v) is 5.44. The fraction of sp³-hybridized carbons (Fsp3) is 0.391. The summed E-state index contributed by atoms with van der Waals surface area (Å²) >= 11 is 5.89. The van der Waals surface area contributed by atoms with Gasteiger partial charge in [0.15, 0.2) is 0 Å². The number of amides is 3. The van der Waals surface area contributed by atoms with Gasteiger partial charge in [0.05, 0.1) is 6.04 Å². The van der Waals surface area contributed by atoms with E-state index in [0.29, 0.717) is 23.8 Å². The zero-order valence-electron chi connectivity index (χ0n) is 16.8. The average Bonchev–Trinajstić information content (AvgIpc) is 2.73. The third-order valence-electron chi connectivity index (χ3n) is 5.19. The number of hydrogen-bond acceptors (Lipinski definition) is 2. The molecule has 1 unspecified atom stereocenters. The molecule has 0 aliphatic heterocycles. The van der Waals surface area contributed by atoms with Gasteiger partial charge in [-0.1, -0.05) is 42.8 Å². The Morgan fingerprint density at radius 1 is 1.10 bits per heavy atom. The molecule has 6 heteroatoms. The standard InChI is InChI=1S/C23H28ClN3O2/c1-2-15-27(23(29)25-19-12-10-18(24)11-13-19)16-14-22(28)26-21-9-5-7-17-6-3-4-8-20(17)21/h3-4,6,8,10-13,21H,2,5,7,9,14-16H2,1H3,(H,25,29)(H,26,28). The Morgan fingerprint density at radius 2 is 1.86 bits per heavy atom. The highest BCUT2D eigenvalue weighted by atomic mass is 35.5. The second kappa shape index (κ2) is 10.3. The molecule has 0 heterocycles. The van der Waals surface area contributed by atoms with Crippen LogP contribution in [0.5, 0.6) is 0 Å². The Hall–Kier alpha value is -2.53. The molecule has 0 radical (unpaired) electrons. The maximum absolute atomic E-state index is 12.6. The van der Waals surface area contributed by atoms with E-state index in [0.717, 1.165) is 25.7 Å². The molecule has 1 aliphatic carbocycles. The van der Waals surface area contributed by atoms with Gasteiger partial charge in [-0.25, -0.2) is 4.79 Å². The molecule has 0 spiro atoms. The Morgan fingerprint density at radius 3 is 2.62 bits per heavy atom. The lowest BCUT2D eigenvalue weighted by molar-refractivity contribution is -0.122. The molecule has 2 aromatic rings. The number of hydrogen-bond donors (Lipinski definition) is 2. The zero-order chi connectivity index (χ0) is 20.6. The average molecular weight is 414 g/mol. The third kappa shape index (κ3) is 5.97. The number of nitrogens with zero attached hydrogens (tertiary/aromatic N) is 1. The molecule has 0 saturated carbocycles. The van der Waals surface area contributed by atoms with Crippen LogP contribution in [0.3, 0.4) is 0 Å². The Labute approximate surface area is 177 Å². The first-order valence-electron chi connectivity index (χ1n) is 10.3. The predicted octanol–water partition coefficient (Wildman–Crippen LogP) is 5.17. The van der Waals surface area contributed by atoms with Gasteiger partial charge in [-0.05, 0) is 61.1 Å². The minimum atomic E-state index is -0.204. The van der Waals surface area contributed by atoms with Crippen molar-refractivity contribution < 1.29 is 9.59 Å². The maximum Gasteiger partial charge on any atom is 0.321 e. The summed E-state index contributed by atoms with van der Waals surface area (Å²) in [6, 6.07) is 15.2. The van der Waals surface area contributed by atoms with E-state index in [1.54, 1.807) is 29.2 Å².